The topological polar surface area (TPSA) is 32.3 Å². The van der Waals surface area contributed by atoms with Crippen molar-refractivity contribution in [3.8, 4) is 0 Å². The van der Waals surface area contributed by atoms with Crippen molar-refractivity contribution in [3.63, 3.8) is 0 Å². The first-order chi connectivity index (χ1) is 10.8. The summed E-state index contributed by atoms with van der Waals surface area (Å²) >= 11 is 0. The molecule has 1 N–H and O–H groups in total. The number of benzene rings is 1. The Morgan fingerprint density at radius 3 is 2.32 bits per heavy atom. The van der Waals surface area contributed by atoms with Crippen molar-refractivity contribution in [2.45, 2.75) is 65.0 Å². The number of nitrogens with one attached hydrogen (secondary N) is 1. The summed E-state index contributed by atoms with van der Waals surface area (Å²) in [5.41, 5.74) is 2.56. The van der Waals surface area contributed by atoms with Gasteiger partial charge in [-0.05, 0) is 43.5 Å². The first-order valence-corrected chi connectivity index (χ1v) is 8.85. The SMILES string of the molecule is CCCCC(=O)NCc1ccc(CN2CCCCCC2)cc1. The summed E-state index contributed by atoms with van der Waals surface area (Å²) in [7, 11) is 0. The third kappa shape index (κ3) is 6.18. The Kier molecular flexibility index (Phi) is 7.44. The van der Waals surface area contributed by atoms with Crippen LogP contribution in [0.5, 0.6) is 0 Å². The van der Waals surface area contributed by atoms with E-state index in [1.165, 1.54) is 49.9 Å². The number of unbranched alkanes of at least 4 members (excludes halogenated alkanes) is 1. The number of carbonyl (C=O) groups is 1. The van der Waals surface area contributed by atoms with Gasteiger partial charge in [0.1, 0.15) is 0 Å². The molecule has 0 saturated carbocycles. The Morgan fingerprint density at radius 1 is 1.05 bits per heavy atom. The molecule has 0 spiro atoms. The van der Waals surface area contributed by atoms with Crippen LogP contribution in [0.25, 0.3) is 0 Å². The van der Waals surface area contributed by atoms with Crippen molar-refractivity contribution >= 4 is 5.91 Å². The summed E-state index contributed by atoms with van der Waals surface area (Å²) in [5, 5.41) is 2.99. The smallest absolute Gasteiger partial charge is 0.220 e. The molecule has 1 aromatic carbocycles. The van der Waals surface area contributed by atoms with E-state index in [4.69, 9.17) is 0 Å². The fourth-order valence-electron chi connectivity index (χ4n) is 2.94. The third-order valence-electron chi connectivity index (χ3n) is 4.37. The van der Waals surface area contributed by atoms with Crippen LogP contribution in [0.4, 0.5) is 0 Å². The molecule has 22 heavy (non-hydrogen) atoms. The summed E-state index contributed by atoms with van der Waals surface area (Å²) in [4.78, 5) is 14.2. The van der Waals surface area contributed by atoms with Crippen LogP contribution in [0.3, 0.4) is 0 Å². The predicted molar refractivity (Wildman–Crippen MR) is 91.6 cm³/mol. The molecule has 1 saturated heterocycles. The lowest BCUT2D eigenvalue weighted by Crippen LogP contribution is -2.24. The van der Waals surface area contributed by atoms with Crippen molar-refractivity contribution in [1.82, 2.24) is 10.2 Å². The van der Waals surface area contributed by atoms with Crippen molar-refractivity contribution in [1.29, 1.82) is 0 Å². The van der Waals surface area contributed by atoms with Crippen LogP contribution in [0, 0.1) is 0 Å². The Bertz CT molecular complexity index is 433. The number of rotatable bonds is 7. The molecule has 1 fully saturated rings. The van der Waals surface area contributed by atoms with E-state index in [1.54, 1.807) is 0 Å². The monoisotopic (exact) mass is 302 g/mol. The maximum Gasteiger partial charge on any atom is 0.220 e. The lowest BCUT2D eigenvalue weighted by molar-refractivity contribution is -0.121. The van der Waals surface area contributed by atoms with Gasteiger partial charge >= 0.3 is 0 Å². The maximum atomic E-state index is 11.6. The first-order valence-electron chi connectivity index (χ1n) is 8.85. The Labute approximate surface area is 135 Å². The van der Waals surface area contributed by atoms with Gasteiger partial charge in [-0.25, -0.2) is 0 Å². The minimum Gasteiger partial charge on any atom is -0.352 e. The first kappa shape index (κ1) is 17.0. The molecule has 1 amide bonds. The fraction of sp³-hybridized carbons (Fsp3) is 0.632. The number of amides is 1. The van der Waals surface area contributed by atoms with Gasteiger partial charge in [-0.15, -0.1) is 0 Å². The van der Waals surface area contributed by atoms with Gasteiger partial charge in [-0.1, -0.05) is 50.5 Å². The minimum atomic E-state index is 0.162. The van der Waals surface area contributed by atoms with E-state index in [0.29, 0.717) is 13.0 Å². The summed E-state index contributed by atoms with van der Waals surface area (Å²) in [6.07, 6.45) is 8.12. The molecule has 0 unspecified atom stereocenters. The molecule has 1 heterocycles. The van der Waals surface area contributed by atoms with E-state index in [-0.39, 0.29) is 5.91 Å². The second kappa shape index (κ2) is 9.62. The zero-order chi connectivity index (χ0) is 15.6. The van der Waals surface area contributed by atoms with Crippen LogP contribution >= 0.6 is 0 Å². The van der Waals surface area contributed by atoms with E-state index in [1.807, 2.05) is 0 Å². The highest BCUT2D eigenvalue weighted by atomic mass is 16.1. The van der Waals surface area contributed by atoms with Crippen molar-refractivity contribution in [2.75, 3.05) is 13.1 Å². The van der Waals surface area contributed by atoms with E-state index in [9.17, 15) is 4.79 Å². The Morgan fingerprint density at radius 2 is 1.68 bits per heavy atom. The number of nitrogens with zero attached hydrogens (tertiary/aromatic N) is 1. The number of carbonyl (C=O) groups excluding carboxylic acids is 1. The molecular weight excluding hydrogens is 272 g/mol. The summed E-state index contributed by atoms with van der Waals surface area (Å²) in [6, 6.07) is 8.71. The molecule has 122 valence electrons. The van der Waals surface area contributed by atoms with Crippen molar-refractivity contribution in [2.24, 2.45) is 0 Å². The van der Waals surface area contributed by atoms with Gasteiger partial charge in [-0.3, -0.25) is 9.69 Å². The predicted octanol–water partition coefficient (Wildman–Crippen LogP) is 3.87. The summed E-state index contributed by atoms with van der Waals surface area (Å²) in [5.74, 6) is 0.162. The molecule has 1 aromatic rings. The molecule has 1 aliphatic heterocycles. The van der Waals surface area contributed by atoms with Gasteiger partial charge in [0.2, 0.25) is 5.91 Å². The highest BCUT2D eigenvalue weighted by Crippen LogP contribution is 2.14. The van der Waals surface area contributed by atoms with Gasteiger partial charge in [-0.2, -0.15) is 0 Å². The number of hydrogen-bond donors (Lipinski definition) is 1. The highest BCUT2D eigenvalue weighted by Gasteiger charge is 2.09. The summed E-state index contributed by atoms with van der Waals surface area (Å²) in [6.45, 7) is 6.27. The molecule has 1 aliphatic rings. The molecule has 0 aromatic heterocycles. The normalized spacial score (nSPS) is 16.2. The Hall–Kier alpha value is -1.35. The molecule has 0 aliphatic carbocycles. The fourth-order valence-corrected chi connectivity index (χ4v) is 2.94. The second-order valence-corrected chi connectivity index (χ2v) is 6.39. The average molecular weight is 302 g/mol. The molecule has 0 atom stereocenters. The van der Waals surface area contributed by atoms with E-state index >= 15 is 0 Å². The van der Waals surface area contributed by atoms with E-state index in [0.717, 1.165) is 19.4 Å². The zero-order valence-corrected chi connectivity index (χ0v) is 13.9. The molecule has 3 heteroatoms. The molecular formula is C19H30N2O. The van der Waals surface area contributed by atoms with Crippen LogP contribution in [0.2, 0.25) is 0 Å². The van der Waals surface area contributed by atoms with Gasteiger partial charge in [0.15, 0.2) is 0 Å². The van der Waals surface area contributed by atoms with Crippen molar-refractivity contribution < 1.29 is 4.79 Å². The quantitative estimate of drug-likeness (QED) is 0.829. The number of hydrogen-bond acceptors (Lipinski definition) is 2. The molecule has 0 radical (unpaired) electrons. The molecule has 3 nitrogen and oxygen atoms in total. The van der Waals surface area contributed by atoms with E-state index in [2.05, 4.69) is 41.4 Å². The molecule has 0 bridgehead atoms. The van der Waals surface area contributed by atoms with Crippen LogP contribution < -0.4 is 5.32 Å². The second-order valence-electron chi connectivity index (χ2n) is 6.39. The van der Waals surface area contributed by atoms with Gasteiger partial charge < -0.3 is 5.32 Å². The largest absolute Gasteiger partial charge is 0.352 e. The Balaban J connectivity index is 1.76. The average Bonchev–Trinajstić information content (AvgIpc) is 2.81. The van der Waals surface area contributed by atoms with Crippen LogP contribution in [0.15, 0.2) is 24.3 Å². The van der Waals surface area contributed by atoms with E-state index < -0.39 is 0 Å². The highest BCUT2D eigenvalue weighted by molar-refractivity contribution is 5.75. The lowest BCUT2D eigenvalue weighted by atomic mass is 10.1. The minimum absolute atomic E-state index is 0.162. The van der Waals surface area contributed by atoms with Crippen LogP contribution in [-0.4, -0.2) is 23.9 Å². The van der Waals surface area contributed by atoms with Gasteiger partial charge in [0.25, 0.3) is 0 Å². The van der Waals surface area contributed by atoms with Gasteiger partial charge in [0, 0.05) is 19.5 Å². The summed E-state index contributed by atoms with van der Waals surface area (Å²) < 4.78 is 0. The molecule has 2 rings (SSSR count). The standard InChI is InChI=1S/C19H30N2O/c1-2-3-8-19(22)20-15-17-9-11-18(12-10-17)16-21-13-6-4-5-7-14-21/h9-12H,2-8,13-16H2,1H3,(H,20,22). The van der Waals surface area contributed by atoms with Gasteiger partial charge in [0.05, 0.1) is 0 Å². The maximum absolute atomic E-state index is 11.6. The van der Waals surface area contributed by atoms with Crippen LogP contribution in [-0.2, 0) is 17.9 Å². The lowest BCUT2D eigenvalue weighted by Gasteiger charge is -2.19. The van der Waals surface area contributed by atoms with Crippen molar-refractivity contribution in [3.05, 3.63) is 35.4 Å². The zero-order valence-electron chi connectivity index (χ0n) is 13.9. The van der Waals surface area contributed by atoms with Crippen LogP contribution in [0.1, 0.15) is 63.0 Å². The number of likely N-dealkylation sites (tertiary alicyclic amines) is 1. The third-order valence-corrected chi connectivity index (χ3v) is 4.37.